The van der Waals surface area contributed by atoms with Crippen molar-refractivity contribution in [1.29, 1.82) is 0 Å². The fourth-order valence-corrected chi connectivity index (χ4v) is 5.62. The molecule has 3 amide bonds. The van der Waals surface area contributed by atoms with E-state index >= 15 is 0 Å². The van der Waals surface area contributed by atoms with E-state index < -0.39 is 0 Å². The number of anilines is 1. The van der Waals surface area contributed by atoms with Crippen molar-refractivity contribution < 1.29 is 9.59 Å². The lowest BCUT2D eigenvalue weighted by atomic mass is 9.53. The highest BCUT2D eigenvalue weighted by molar-refractivity contribution is 6.01. The van der Waals surface area contributed by atoms with Gasteiger partial charge in [0.25, 0.3) is 5.91 Å². The number of urea groups is 1. The Morgan fingerprint density at radius 2 is 1.80 bits per heavy atom. The van der Waals surface area contributed by atoms with Gasteiger partial charge in [-0.15, -0.1) is 0 Å². The number of aryl methyl sites for hydroxylation is 1. The van der Waals surface area contributed by atoms with Crippen molar-refractivity contribution in [1.82, 2.24) is 20.4 Å². The van der Waals surface area contributed by atoms with Crippen LogP contribution in [0.15, 0.2) is 6.20 Å². The summed E-state index contributed by atoms with van der Waals surface area (Å²) in [5.74, 6) is 2.03. The van der Waals surface area contributed by atoms with Crippen LogP contribution in [0.1, 0.15) is 55.9 Å². The molecule has 7 heteroatoms. The molecule has 0 radical (unpaired) electrons. The molecule has 4 aliphatic rings. The lowest BCUT2D eigenvalue weighted by Crippen LogP contribution is -2.60. The minimum Gasteiger partial charge on any atom is -0.354 e. The van der Waals surface area contributed by atoms with E-state index in [-0.39, 0.29) is 23.2 Å². The Bertz CT molecular complexity index is 660. The monoisotopic (exact) mass is 345 g/mol. The van der Waals surface area contributed by atoms with Crippen LogP contribution in [0.5, 0.6) is 0 Å². The zero-order valence-electron chi connectivity index (χ0n) is 15.0. The Hall–Kier alpha value is -2.05. The molecule has 0 aromatic carbocycles. The smallest absolute Gasteiger partial charge is 0.319 e. The van der Waals surface area contributed by atoms with E-state index in [1.807, 2.05) is 6.92 Å². The van der Waals surface area contributed by atoms with E-state index in [4.69, 9.17) is 0 Å². The van der Waals surface area contributed by atoms with Gasteiger partial charge < -0.3 is 16.0 Å². The molecule has 3 N–H and O–H groups in total. The van der Waals surface area contributed by atoms with E-state index in [9.17, 15) is 9.59 Å². The van der Waals surface area contributed by atoms with Crippen molar-refractivity contribution >= 4 is 17.6 Å². The first-order chi connectivity index (χ1) is 12.0. The highest BCUT2D eigenvalue weighted by Crippen LogP contribution is 2.55. The van der Waals surface area contributed by atoms with Gasteiger partial charge in [-0.25, -0.2) is 4.79 Å². The maximum Gasteiger partial charge on any atom is 0.319 e. The van der Waals surface area contributed by atoms with Crippen LogP contribution in [0, 0.1) is 17.8 Å². The molecule has 4 saturated carbocycles. The normalized spacial score (nSPS) is 32.5. The maximum atomic E-state index is 12.7. The summed E-state index contributed by atoms with van der Waals surface area (Å²) < 4.78 is 1.66. The van der Waals surface area contributed by atoms with Gasteiger partial charge >= 0.3 is 6.03 Å². The van der Waals surface area contributed by atoms with Crippen LogP contribution < -0.4 is 16.0 Å². The summed E-state index contributed by atoms with van der Waals surface area (Å²) >= 11 is 0. The lowest BCUT2D eigenvalue weighted by molar-refractivity contribution is -0.0127. The SMILES string of the molecule is CCn1cc(NC(=O)NC23CC4CC(CC(C4)C2)C3)c(C(=O)NC)n1. The van der Waals surface area contributed by atoms with E-state index in [2.05, 4.69) is 21.0 Å². The standard InChI is InChI=1S/C18H27N5O2/c1-3-23-10-14(15(22-23)16(24)19-2)20-17(25)21-18-7-11-4-12(8-18)6-13(5-11)9-18/h10-13H,3-9H2,1-2H3,(H,19,24)(H2,20,21,25). The number of nitrogens with zero attached hydrogens (tertiary/aromatic N) is 2. The number of hydrogen-bond donors (Lipinski definition) is 3. The first kappa shape index (κ1) is 16.4. The zero-order chi connectivity index (χ0) is 17.6. The van der Waals surface area contributed by atoms with Gasteiger partial charge in [0.05, 0.1) is 5.69 Å². The van der Waals surface area contributed by atoms with Crippen molar-refractivity contribution in [3.63, 3.8) is 0 Å². The molecule has 25 heavy (non-hydrogen) atoms. The van der Waals surface area contributed by atoms with Gasteiger partial charge in [0.1, 0.15) is 0 Å². The molecular weight excluding hydrogens is 318 g/mol. The average molecular weight is 345 g/mol. The van der Waals surface area contributed by atoms with Gasteiger partial charge in [-0.05, 0) is 63.2 Å². The highest BCUT2D eigenvalue weighted by atomic mass is 16.2. The second kappa shape index (κ2) is 6.04. The van der Waals surface area contributed by atoms with Gasteiger partial charge in [0.15, 0.2) is 5.69 Å². The first-order valence-electron chi connectivity index (χ1n) is 9.39. The van der Waals surface area contributed by atoms with Gasteiger partial charge in [0.2, 0.25) is 0 Å². The molecule has 5 rings (SSSR count). The summed E-state index contributed by atoms with van der Waals surface area (Å²) in [6.45, 7) is 2.59. The molecule has 1 aromatic heterocycles. The van der Waals surface area contributed by atoms with Crippen LogP contribution in [0.2, 0.25) is 0 Å². The molecular formula is C18H27N5O2. The Balaban J connectivity index is 1.48. The summed E-state index contributed by atoms with van der Waals surface area (Å²) in [6, 6.07) is -0.220. The van der Waals surface area contributed by atoms with Crippen LogP contribution in [0.25, 0.3) is 0 Å². The zero-order valence-corrected chi connectivity index (χ0v) is 15.0. The van der Waals surface area contributed by atoms with Crippen LogP contribution in [-0.4, -0.2) is 34.3 Å². The summed E-state index contributed by atoms with van der Waals surface area (Å²) in [5, 5.41) is 12.9. The largest absolute Gasteiger partial charge is 0.354 e. The van der Waals surface area contributed by atoms with Crippen molar-refractivity contribution in [3.8, 4) is 0 Å². The number of carbonyl (C=O) groups excluding carboxylic acids is 2. The maximum absolute atomic E-state index is 12.7. The quantitative estimate of drug-likeness (QED) is 0.783. The molecule has 0 unspecified atom stereocenters. The molecule has 0 aliphatic heterocycles. The molecule has 0 atom stereocenters. The molecule has 7 nitrogen and oxygen atoms in total. The third kappa shape index (κ3) is 3.00. The minimum absolute atomic E-state index is 0.0488. The molecule has 4 fully saturated rings. The van der Waals surface area contributed by atoms with Crippen LogP contribution in [-0.2, 0) is 6.54 Å². The van der Waals surface area contributed by atoms with Crippen molar-refractivity contribution in [2.24, 2.45) is 17.8 Å². The van der Waals surface area contributed by atoms with E-state index in [1.54, 1.807) is 17.9 Å². The third-order valence-electron chi connectivity index (χ3n) is 6.19. The number of rotatable bonds is 4. The topological polar surface area (TPSA) is 88.0 Å². The van der Waals surface area contributed by atoms with Gasteiger partial charge in [-0.1, -0.05) is 0 Å². The molecule has 1 aromatic rings. The summed E-state index contributed by atoms with van der Waals surface area (Å²) in [7, 11) is 1.56. The van der Waals surface area contributed by atoms with Gasteiger partial charge in [-0.3, -0.25) is 9.48 Å². The average Bonchev–Trinajstić information content (AvgIpc) is 2.95. The van der Waals surface area contributed by atoms with Crippen molar-refractivity contribution in [2.45, 2.75) is 57.5 Å². The molecule has 4 bridgehead atoms. The predicted molar refractivity (Wildman–Crippen MR) is 94.3 cm³/mol. The second-order valence-electron chi connectivity index (χ2n) is 8.10. The Morgan fingerprint density at radius 1 is 1.20 bits per heavy atom. The number of carbonyl (C=O) groups is 2. The summed E-state index contributed by atoms with van der Waals surface area (Å²) in [5.41, 5.74) is 0.667. The van der Waals surface area contributed by atoms with Crippen LogP contribution in [0.3, 0.4) is 0 Å². The van der Waals surface area contributed by atoms with Crippen molar-refractivity contribution in [3.05, 3.63) is 11.9 Å². The molecule has 136 valence electrons. The van der Waals surface area contributed by atoms with Crippen molar-refractivity contribution in [2.75, 3.05) is 12.4 Å². The third-order valence-corrected chi connectivity index (χ3v) is 6.19. The van der Waals surface area contributed by atoms with Crippen LogP contribution in [0.4, 0.5) is 10.5 Å². The van der Waals surface area contributed by atoms with E-state index in [0.717, 1.165) is 37.0 Å². The Kier molecular flexibility index (Phi) is 3.96. The summed E-state index contributed by atoms with van der Waals surface area (Å²) in [6.07, 6.45) is 9.03. The van der Waals surface area contributed by atoms with Gasteiger partial charge in [0, 0.05) is 25.3 Å². The fourth-order valence-electron chi connectivity index (χ4n) is 5.62. The van der Waals surface area contributed by atoms with Gasteiger partial charge in [-0.2, -0.15) is 5.10 Å². The molecule has 0 spiro atoms. The second-order valence-corrected chi connectivity index (χ2v) is 8.10. The fraction of sp³-hybridized carbons (Fsp3) is 0.722. The molecule has 1 heterocycles. The first-order valence-corrected chi connectivity index (χ1v) is 9.39. The summed E-state index contributed by atoms with van der Waals surface area (Å²) in [4.78, 5) is 24.7. The number of nitrogens with one attached hydrogen (secondary N) is 3. The van der Waals surface area contributed by atoms with E-state index in [0.29, 0.717) is 12.2 Å². The number of aromatic nitrogens is 2. The lowest BCUT2D eigenvalue weighted by Gasteiger charge is -2.56. The highest BCUT2D eigenvalue weighted by Gasteiger charge is 2.51. The Morgan fingerprint density at radius 3 is 2.32 bits per heavy atom. The van der Waals surface area contributed by atoms with Crippen LogP contribution >= 0.6 is 0 Å². The molecule has 4 aliphatic carbocycles. The molecule has 0 saturated heterocycles. The Labute approximate surface area is 147 Å². The number of hydrogen-bond acceptors (Lipinski definition) is 3. The number of amides is 3. The predicted octanol–water partition coefficient (Wildman–Crippen LogP) is 2.35. The van der Waals surface area contributed by atoms with E-state index in [1.165, 1.54) is 19.3 Å². The minimum atomic E-state index is -0.294.